The third-order valence-electron chi connectivity index (χ3n) is 3.76. The minimum atomic E-state index is -0.371. The molecule has 1 aromatic heterocycles. The zero-order chi connectivity index (χ0) is 15.6. The quantitative estimate of drug-likeness (QED) is 0.733. The Balaban J connectivity index is 1.98. The fourth-order valence-corrected chi connectivity index (χ4v) is 2.18. The Hall–Kier alpha value is -1.89. The second kappa shape index (κ2) is 6.26. The molecule has 1 heterocycles. The minimum absolute atomic E-state index is 0.0634. The second-order valence-electron chi connectivity index (χ2n) is 5.74. The van der Waals surface area contributed by atoms with E-state index in [0.717, 1.165) is 17.0 Å². The Morgan fingerprint density at radius 3 is 2.67 bits per heavy atom. The normalized spacial score (nSPS) is 14.2. The first-order valence-corrected chi connectivity index (χ1v) is 7.10. The van der Waals surface area contributed by atoms with Crippen molar-refractivity contribution in [2.45, 2.75) is 19.4 Å². The molecule has 2 rings (SSSR count). The summed E-state index contributed by atoms with van der Waals surface area (Å²) < 4.78 is 2.40. The number of aryl methyl sites for hydroxylation is 1. The molecule has 1 saturated carbocycles. The van der Waals surface area contributed by atoms with Crippen LogP contribution in [0.25, 0.3) is 0 Å². The van der Waals surface area contributed by atoms with Gasteiger partial charge in [0, 0.05) is 27.3 Å². The van der Waals surface area contributed by atoms with Crippen molar-refractivity contribution in [2.75, 3.05) is 20.1 Å². The summed E-state index contributed by atoms with van der Waals surface area (Å²) in [6.07, 6.45) is 3.97. The molecule has 0 atom stereocenters. The van der Waals surface area contributed by atoms with Crippen LogP contribution in [0.1, 0.15) is 18.4 Å². The van der Waals surface area contributed by atoms with Gasteiger partial charge in [-0.25, -0.2) is 4.79 Å². The number of aromatic nitrogens is 2. The van der Waals surface area contributed by atoms with E-state index < -0.39 is 0 Å². The highest BCUT2D eigenvalue weighted by Crippen LogP contribution is 2.27. The lowest BCUT2D eigenvalue weighted by molar-refractivity contribution is -0.129. The molecule has 1 aliphatic rings. The van der Waals surface area contributed by atoms with Crippen LogP contribution in [-0.2, 0) is 25.4 Å². The van der Waals surface area contributed by atoms with Gasteiger partial charge in [-0.15, -0.1) is 0 Å². The van der Waals surface area contributed by atoms with Gasteiger partial charge in [-0.05, 0) is 25.3 Å². The number of nitrogens with zero attached hydrogens (tertiary/aromatic N) is 3. The van der Waals surface area contributed by atoms with Crippen LogP contribution in [0.2, 0.25) is 0 Å². The molecule has 0 aromatic carbocycles. The Labute approximate surface area is 123 Å². The van der Waals surface area contributed by atoms with Gasteiger partial charge < -0.3 is 14.8 Å². The predicted octanol–water partition coefficient (Wildman–Crippen LogP) is -0.958. The van der Waals surface area contributed by atoms with Crippen molar-refractivity contribution in [1.82, 2.24) is 19.4 Å². The molecule has 1 aromatic rings. The molecule has 0 spiro atoms. The van der Waals surface area contributed by atoms with Gasteiger partial charge in [0.25, 0.3) is 5.56 Å². The molecule has 1 N–H and O–H groups in total. The van der Waals surface area contributed by atoms with Crippen molar-refractivity contribution in [3.05, 3.63) is 32.6 Å². The second-order valence-corrected chi connectivity index (χ2v) is 5.74. The molecule has 116 valence electrons. The molecule has 7 heteroatoms. The van der Waals surface area contributed by atoms with Crippen LogP contribution >= 0.6 is 0 Å². The number of rotatable bonds is 6. The molecule has 0 aliphatic heterocycles. The Morgan fingerprint density at radius 2 is 2.05 bits per heavy atom. The summed E-state index contributed by atoms with van der Waals surface area (Å²) in [4.78, 5) is 37.1. The van der Waals surface area contributed by atoms with Gasteiger partial charge >= 0.3 is 5.69 Å². The maximum Gasteiger partial charge on any atom is 0.330 e. The monoisotopic (exact) mass is 294 g/mol. The predicted molar refractivity (Wildman–Crippen MR) is 79.0 cm³/mol. The molecule has 0 saturated heterocycles. The zero-order valence-corrected chi connectivity index (χ0v) is 12.8. The topological polar surface area (TPSA) is 76.3 Å². The van der Waals surface area contributed by atoms with Crippen molar-refractivity contribution in [2.24, 2.45) is 20.0 Å². The van der Waals surface area contributed by atoms with Crippen molar-refractivity contribution in [3.63, 3.8) is 0 Å². The summed E-state index contributed by atoms with van der Waals surface area (Å²) in [5.74, 6) is 0.658. The van der Waals surface area contributed by atoms with E-state index >= 15 is 0 Å². The van der Waals surface area contributed by atoms with Crippen molar-refractivity contribution in [3.8, 4) is 0 Å². The van der Waals surface area contributed by atoms with E-state index in [1.54, 1.807) is 14.1 Å². The highest BCUT2D eigenvalue weighted by molar-refractivity contribution is 5.77. The van der Waals surface area contributed by atoms with Crippen LogP contribution in [0.5, 0.6) is 0 Å². The number of amides is 1. The third kappa shape index (κ3) is 3.81. The van der Waals surface area contributed by atoms with E-state index in [0.29, 0.717) is 5.56 Å². The number of carbonyl (C=O) groups is 1. The molecule has 1 fully saturated rings. The number of likely N-dealkylation sites (N-methyl/N-ethyl adjacent to an activating group) is 1. The highest BCUT2D eigenvalue weighted by atomic mass is 16.2. The molecule has 0 radical (unpaired) electrons. The fraction of sp³-hybridized carbons (Fsp3) is 0.643. The van der Waals surface area contributed by atoms with Crippen LogP contribution in [0.3, 0.4) is 0 Å². The highest BCUT2D eigenvalue weighted by Gasteiger charge is 2.21. The van der Waals surface area contributed by atoms with E-state index in [4.69, 9.17) is 0 Å². The van der Waals surface area contributed by atoms with Crippen LogP contribution in [0, 0.1) is 5.92 Å². The van der Waals surface area contributed by atoms with Gasteiger partial charge in [0.05, 0.1) is 18.7 Å². The maximum absolute atomic E-state index is 12.0. The summed E-state index contributed by atoms with van der Waals surface area (Å²) in [5, 5.41) is 3.13. The van der Waals surface area contributed by atoms with E-state index in [9.17, 15) is 14.4 Å². The Kier molecular flexibility index (Phi) is 4.62. The summed E-state index contributed by atoms with van der Waals surface area (Å²) in [7, 11) is 4.68. The SMILES string of the molecule is CN(Cc1cn(C)c(=O)n(C)c1=O)C(=O)CNCC1CC1. The van der Waals surface area contributed by atoms with E-state index in [1.165, 1.54) is 35.6 Å². The molecular formula is C14H22N4O3. The van der Waals surface area contributed by atoms with Crippen molar-refractivity contribution >= 4 is 5.91 Å². The largest absolute Gasteiger partial charge is 0.340 e. The van der Waals surface area contributed by atoms with E-state index in [-0.39, 0.29) is 30.2 Å². The lowest BCUT2D eigenvalue weighted by Gasteiger charge is -2.18. The molecule has 1 amide bonds. The average Bonchev–Trinajstić information content (AvgIpc) is 3.26. The van der Waals surface area contributed by atoms with Gasteiger partial charge in [0.2, 0.25) is 5.91 Å². The van der Waals surface area contributed by atoms with Crippen LogP contribution < -0.4 is 16.6 Å². The molecular weight excluding hydrogens is 272 g/mol. The van der Waals surface area contributed by atoms with Gasteiger partial charge in [0.1, 0.15) is 0 Å². The molecule has 0 unspecified atom stereocenters. The summed E-state index contributed by atoms with van der Waals surface area (Å²) in [6, 6.07) is 0. The lowest BCUT2D eigenvalue weighted by atomic mass is 10.3. The van der Waals surface area contributed by atoms with Crippen molar-refractivity contribution < 1.29 is 4.79 Å². The Morgan fingerprint density at radius 1 is 1.38 bits per heavy atom. The third-order valence-corrected chi connectivity index (χ3v) is 3.76. The van der Waals surface area contributed by atoms with Crippen LogP contribution in [0.15, 0.2) is 15.8 Å². The van der Waals surface area contributed by atoms with Crippen LogP contribution in [-0.4, -0.2) is 40.1 Å². The first-order valence-electron chi connectivity index (χ1n) is 7.10. The van der Waals surface area contributed by atoms with Gasteiger partial charge in [-0.1, -0.05) is 0 Å². The molecule has 7 nitrogen and oxygen atoms in total. The summed E-state index contributed by atoms with van der Waals surface area (Å²) in [5.41, 5.74) is -0.301. The smallest absolute Gasteiger partial charge is 0.330 e. The first kappa shape index (κ1) is 15.5. The van der Waals surface area contributed by atoms with Gasteiger partial charge in [-0.2, -0.15) is 0 Å². The van der Waals surface area contributed by atoms with E-state index in [1.807, 2.05) is 0 Å². The van der Waals surface area contributed by atoms with Gasteiger partial charge in [0.15, 0.2) is 0 Å². The fourth-order valence-electron chi connectivity index (χ4n) is 2.18. The minimum Gasteiger partial charge on any atom is -0.340 e. The van der Waals surface area contributed by atoms with Crippen LogP contribution in [0.4, 0.5) is 0 Å². The standard InChI is InChI=1S/C14H22N4O3/c1-16(12(19)7-15-6-10-4-5-10)8-11-9-17(2)14(21)18(3)13(11)20/h9-10,15H,4-8H2,1-3H3. The number of hydrogen-bond acceptors (Lipinski definition) is 4. The molecule has 1 aliphatic carbocycles. The number of hydrogen-bond donors (Lipinski definition) is 1. The number of nitrogens with one attached hydrogen (secondary N) is 1. The summed E-state index contributed by atoms with van der Waals surface area (Å²) >= 11 is 0. The Bertz CT molecular complexity index is 643. The lowest BCUT2D eigenvalue weighted by Crippen LogP contribution is -2.41. The number of carbonyl (C=O) groups excluding carboxylic acids is 1. The first-order chi connectivity index (χ1) is 9.90. The van der Waals surface area contributed by atoms with Gasteiger partial charge in [-0.3, -0.25) is 14.2 Å². The molecule has 21 heavy (non-hydrogen) atoms. The van der Waals surface area contributed by atoms with E-state index in [2.05, 4.69) is 5.32 Å². The maximum atomic E-state index is 12.0. The molecule has 0 bridgehead atoms. The van der Waals surface area contributed by atoms with Crippen molar-refractivity contribution in [1.29, 1.82) is 0 Å². The summed E-state index contributed by atoms with van der Waals surface area (Å²) in [6.45, 7) is 1.35. The average molecular weight is 294 g/mol. The zero-order valence-electron chi connectivity index (χ0n) is 12.8.